The second-order valence-corrected chi connectivity index (χ2v) is 3.84. The first-order valence-corrected chi connectivity index (χ1v) is 4.31. The Balaban J connectivity index is 4.40. The predicted octanol–water partition coefficient (Wildman–Crippen LogP) is -0.0466. The number of rotatable bonds is 2. The van der Waals surface area contributed by atoms with E-state index >= 15 is 0 Å². The van der Waals surface area contributed by atoms with Crippen LogP contribution in [0.2, 0.25) is 0 Å². The summed E-state index contributed by atoms with van der Waals surface area (Å²) >= 11 is 0. The van der Waals surface area contributed by atoms with E-state index in [2.05, 4.69) is 4.40 Å². The molecule has 0 aromatic heterocycles. The molecule has 0 saturated heterocycles. The fraction of sp³-hybridized carbons (Fsp3) is 0.500. The van der Waals surface area contributed by atoms with E-state index in [0.29, 0.717) is 0 Å². The Morgan fingerprint density at radius 3 is 2.40 bits per heavy atom. The second-order valence-electron chi connectivity index (χ2n) is 1.56. The van der Waals surface area contributed by atoms with E-state index in [4.69, 9.17) is 16.7 Å². The third-order valence-electron chi connectivity index (χ3n) is 0.805. The number of nitrogens with zero attached hydrogens (tertiary/aromatic N) is 2. The summed E-state index contributed by atoms with van der Waals surface area (Å²) in [5.41, 5.74) is 9.93. The fourth-order valence-electron chi connectivity index (χ4n) is 0.324. The van der Waals surface area contributed by atoms with Gasteiger partial charge in [-0.3, -0.25) is 0 Å². The van der Waals surface area contributed by atoms with Crippen LogP contribution in [-0.4, -0.2) is 16.3 Å². The molecule has 0 saturated carbocycles. The molecule has 0 amide bonds. The highest BCUT2D eigenvalue weighted by Crippen LogP contribution is 2.42. The summed E-state index contributed by atoms with van der Waals surface area (Å²) in [5.74, 6) is 0.00222. The van der Waals surface area contributed by atoms with Crippen molar-refractivity contribution in [2.45, 2.75) is 6.92 Å². The molecule has 6 heteroatoms. The lowest BCUT2D eigenvalue weighted by Crippen LogP contribution is -2.23. The van der Waals surface area contributed by atoms with Gasteiger partial charge in [0.05, 0.1) is 10.5 Å². The SMILES string of the molecule is CCS(O)(C#N)N=C(N)N. The van der Waals surface area contributed by atoms with Crippen molar-refractivity contribution in [1.82, 2.24) is 0 Å². The van der Waals surface area contributed by atoms with E-state index in [1.54, 1.807) is 12.3 Å². The van der Waals surface area contributed by atoms with Gasteiger partial charge in [-0.05, 0) is 0 Å². The Bertz CT molecular complexity index is 182. The summed E-state index contributed by atoms with van der Waals surface area (Å²) in [6.45, 7) is 1.64. The molecule has 5 nitrogen and oxygen atoms in total. The monoisotopic (exact) mass is 162 g/mol. The summed E-state index contributed by atoms with van der Waals surface area (Å²) in [6, 6.07) is 0. The summed E-state index contributed by atoms with van der Waals surface area (Å²) in [6.07, 6.45) is 0. The van der Waals surface area contributed by atoms with Crippen LogP contribution in [0.15, 0.2) is 4.40 Å². The van der Waals surface area contributed by atoms with Gasteiger partial charge >= 0.3 is 0 Å². The molecule has 0 rings (SSSR count). The molecule has 0 spiro atoms. The highest BCUT2D eigenvalue weighted by atomic mass is 32.3. The standard InChI is InChI=1S/C4H10N4OS/c1-2-10(9,3-5)8-4(6)7/h9H,2H2,1H3,(H4,6,7,8). The van der Waals surface area contributed by atoms with Gasteiger partial charge in [0.1, 0.15) is 0 Å². The third-order valence-corrected chi connectivity index (χ3v) is 2.42. The molecule has 0 heterocycles. The van der Waals surface area contributed by atoms with Crippen LogP contribution in [0.1, 0.15) is 6.92 Å². The summed E-state index contributed by atoms with van der Waals surface area (Å²) in [4.78, 5) is 0. The molecule has 58 valence electrons. The lowest BCUT2D eigenvalue weighted by atomic mass is 11.0. The van der Waals surface area contributed by atoms with Crippen molar-refractivity contribution in [3.63, 3.8) is 0 Å². The van der Waals surface area contributed by atoms with Crippen molar-refractivity contribution in [2.75, 3.05) is 5.75 Å². The first-order valence-electron chi connectivity index (χ1n) is 2.59. The molecule has 1 unspecified atom stereocenters. The minimum Gasteiger partial charge on any atom is -0.369 e. The maximum atomic E-state index is 9.17. The molecule has 5 N–H and O–H groups in total. The average molecular weight is 162 g/mol. The topological polar surface area (TPSA) is 108 Å². The third kappa shape index (κ3) is 2.57. The first kappa shape index (κ1) is 9.07. The molecular formula is C4H10N4OS. The van der Waals surface area contributed by atoms with E-state index in [9.17, 15) is 4.55 Å². The van der Waals surface area contributed by atoms with E-state index in [-0.39, 0.29) is 11.7 Å². The Morgan fingerprint density at radius 2 is 2.30 bits per heavy atom. The van der Waals surface area contributed by atoms with Gasteiger partial charge in [-0.2, -0.15) is 9.66 Å². The van der Waals surface area contributed by atoms with Gasteiger partial charge in [-0.15, -0.1) is 0 Å². The van der Waals surface area contributed by atoms with Crippen molar-refractivity contribution in [3.05, 3.63) is 0 Å². The smallest absolute Gasteiger partial charge is 0.199 e. The van der Waals surface area contributed by atoms with E-state index in [0.717, 1.165) is 0 Å². The van der Waals surface area contributed by atoms with Crippen molar-refractivity contribution in [3.8, 4) is 5.40 Å². The number of guanidine groups is 1. The zero-order valence-corrected chi connectivity index (χ0v) is 6.43. The van der Waals surface area contributed by atoms with Gasteiger partial charge in [0, 0.05) is 5.75 Å². The Labute approximate surface area is 61.0 Å². The molecule has 0 bridgehead atoms. The maximum absolute atomic E-state index is 9.17. The van der Waals surface area contributed by atoms with Gasteiger partial charge in [0.2, 0.25) is 0 Å². The van der Waals surface area contributed by atoms with E-state index in [1.807, 2.05) is 0 Å². The molecule has 0 aromatic rings. The lowest BCUT2D eigenvalue weighted by Gasteiger charge is -2.16. The number of hydrogen-bond donors (Lipinski definition) is 3. The van der Waals surface area contributed by atoms with Gasteiger partial charge in [0.15, 0.2) is 11.4 Å². The first-order chi connectivity index (χ1) is 4.54. The van der Waals surface area contributed by atoms with E-state index in [1.165, 1.54) is 0 Å². The van der Waals surface area contributed by atoms with Crippen LogP contribution in [0, 0.1) is 10.7 Å². The van der Waals surface area contributed by atoms with Gasteiger partial charge in [0.25, 0.3) is 0 Å². The molecule has 0 radical (unpaired) electrons. The van der Waals surface area contributed by atoms with Crippen LogP contribution in [0.25, 0.3) is 0 Å². The molecule has 10 heavy (non-hydrogen) atoms. The molecule has 1 atom stereocenters. The zero-order valence-electron chi connectivity index (χ0n) is 5.61. The van der Waals surface area contributed by atoms with Crippen LogP contribution < -0.4 is 11.5 Å². The van der Waals surface area contributed by atoms with Gasteiger partial charge < -0.3 is 16.0 Å². The predicted molar refractivity (Wildman–Crippen MR) is 42.2 cm³/mol. The van der Waals surface area contributed by atoms with Crippen LogP contribution >= 0.6 is 10.5 Å². The lowest BCUT2D eigenvalue weighted by molar-refractivity contribution is 0.638. The quantitative estimate of drug-likeness (QED) is 0.300. The minimum absolute atomic E-state index is 0.249. The second kappa shape index (κ2) is 3.29. The Hall–Kier alpha value is -0.930. The van der Waals surface area contributed by atoms with Crippen molar-refractivity contribution in [2.24, 2.45) is 15.9 Å². The number of nitrogens with two attached hydrogens (primary N) is 2. The number of hydrogen-bond acceptors (Lipinski definition) is 3. The van der Waals surface area contributed by atoms with Crippen LogP contribution in [0.4, 0.5) is 0 Å². The highest BCUT2D eigenvalue weighted by molar-refractivity contribution is 8.31. The number of thiocyanates is 1. The van der Waals surface area contributed by atoms with Crippen molar-refractivity contribution < 1.29 is 4.55 Å². The highest BCUT2D eigenvalue weighted by Gasteiger charge is 2.15. The molecule has 0 aliphatic rings. The van der Waals surface area contributed by atoms with Crippen molar-refractivity contribution in [1.29, 1.82) is 5.26 Å². The van der Waals surface area contributed by atoms with Gasteiger partial charge in [-0.1, -0.05) is 6.92 Å². The van der Waals surface area contributed by atoms with E-state index < -0.39 is 10.5 Å². The van der Waals surface area contributed by atoms with Crippen LogP contribution in [0.3, 0.4) is 0 Å². The molecule has 0 aliphatic carbocycles. The molecule has 0 aromatic carbocycles. The molecular weight excluding hydrogens is 152 g/mol. The zero-order chi connectivity index (χ0) is 8.20. The normalized spacial score (nSPS) is 18.1. The minimum atomic E-state index is -2.57. The molecule has 0 fully saturated rings. The summed E-state index contributed by atoms with van der Waals surface area (Å²) in [5, 5.41) is 10.0. The summed E-state index contributed by atoms with van der Waals surface area (Å²) < 4.78 is 12.6. The average Bonchev–Trinajstić information content (AvgIpc) is 1.87. The Kier molecular flexibility index (Phi) is 2.99. The number of nitriles is 1. The van der Waals surface area contributed by atoms with Crippen LogP contribution in [0.5, 0.6) is 0 Å². The summed E-state index contributed by atoms with van der Waals surface area (Å²) in [7, 11) is -2.57. The largest absolute Gasteiger partial charge is 0.369 e. The Morgan fingerprint density at radius 1 is 1.80 bits per heavy atom. The molecule has 0 aliphatic heterocycles. The van der Waals surface area contributed by atoms with Crippen LogP contribution in [-0.2, 0) is 0 Å². The van der Waals surface area contributed by atoms with Gasteiger partial charge in [-0.25, -0.2) is 0 Å². The fourth-order valence-corrected chi connectivity index (χ4v) is 0.972. The van der Waals surface area contributed by atoms with Crippen molar-refractivity contribution >= 4 is 16.5 Å². The maximum Gasteiger partial charge on any atom is 0.199 e.